The van der Waals surface area contributed by atoms with E-state index in [1.165, 1.54) is 27.3 Å². The molecule has 2 unspecified atom stereocenters. The van der Waals surface area contributed by atoms with E-state index in [0.29, 0.717) is 35.1 Å². The summed E-state index contributed by atoms with van der Waals surface area (Å²) in [5.41, 5.74) is 0.923. The predicted molar refractivity (Wildman–Crippen MR) is 133 cm³/mol. The molecular formula is C25H26ClF3N4O3. The lowest BCUT2D eigenvalue weighted by Crippen LogP contribution is -2.43. The van der Waals surface area contributed by atoms with Crippen LogP contribution in [0.15, 0.2) is 58.1 Å². The third-order valence-corrected chi connectivity index (χ3v) is 6.49. The Balaban J connectivity index is 1.80. The van der Waals surface area contributed by atoms with E-state index < -0.39 is 29.7 Å². The highest BCUT2D eigenvalue weighted by Crippen LogP contribution is 2.38. The van der Waals surface area contributed by atoms with Crippen molar-refractivity contribution >= 4 is 23.1 Å². The molecule has 0 saturated heterocycles. The maximum absolute atomic E-state index is 13.5. The van der Waals surface area contributed by atoms with Crippen molar-refractivity contribution in [3.63, 3.8) is 0 Å². The standard InChI is InChI=1S/C25H26ClF3N4O3/c1-4-12-32-23(34)20-22(31(3)24(32)35)30-21(33(20)14-16-8-10-18(26)11-9-16)15(2)17-6-5-7-19(13-17)36-25(27,28)29/h5-11,13,15,21,30H,4,12,14H2,1-3H3. The van der Waals surface area contributed by atoms with Gasteiger partial charge in [-0.3, -0.25) is 13.9 Å². The first-order chi connectivity index (χ1) is 17.0. The molecule has 1 aliphatic heterocycles. The van der Waals surface area contributed by atoms with Gasteiger partial charge in [0.05, 0.1) is 0 Å². The van der Waals surface area contributed by atoms with Crippen molar-refractivity contribution in [2.24, 2.45) is 7.05 Å². The number of halogens is 4. The highest BCUT2D eigenvalue weighted by Gasteiger charge is 2.38. The SMILES string of the molecule is CCCn1c(=O)c2c(n(C)c1=O)NC(C(C)c1cccc(OC(F)(F)F)c1)N2Cc1ccc(Cl)cc1. The molecule has 7 nitrogen and oxygen atoms in total. The van der Waals surface area contributed by atoms with E-state index in [4.69, 9.17) is 11.6 Å². The van der Waals surface area contributed by atoms with Crippen molar-refractivity contribution in [3.8, 4) is 5.75 Å². The molecule has 4 rings (SSSR count). The van der Waals surface area contributed by atoms with Gasteiger partial charge in [-0.15, -0.1) is 13.2 Å². The number of fused-ring (bicyclic) bond motifs is 1. The van der Waals surface area contributed by atoms with Gasteiger partial charge >= 0.3 is 12.1 Å². The van der Waals surface area contributed by atoms with Gasteiger partial charge in [0.15, 0.2) is 0 Å². The lowest BCUT2D eigenvalue weighted by atomic mass is 9.97. The lowest BCUT2D eigenvalue weighted by molar-refractivity contribution is -0.274. The highest BCUT2D eigenvalue weighted by atomic mass is 35.5. The maximum Gasteiger partial charge on any atom is 0.573 e. The molecule has 0 fully saturated rings. The Kier molecular flexibility index (Phi) is 7.08. The molecule has 2 heterocycles. The van der Waals surface area contributed by atoms with E-state index in [9.17, 15) is 22.8 Å². The molecule has 0 aliphatic carbocycles. The van der Waals surface area contributed by atoms with Gasteiger partial charge in [0.2, 0.25) is 0 Å². The molecule has 11 heteroatoms. The van der Waals surface area contributed by atoms with Crippen molar-refractivity contribution in [1.29, 1.82) is 0 Å². The number of hydrogen-bond acceptors (Lipinski definition) is 5. The van der Waals surface area contributed by atoms with Gasteiger partial charge in [0, 0.05) is 31.1 Å². The number of alkyl halides is 3. The molecule has 2 atom stereocenters. The van der Waals surface area contributed by atoms with Gasteiger partial charge in [-0.2, -0.15) is 0 Å². The predicted octanol–water partition coefficient (Wildman–Crippen LogP) is 5.07. The average Bonchev–Trinajstić information content (AvgIpc) is 3.20. The number of nitrogens with zero attached hydrogens (tertiary/aromatic N) is 3. The van der Waals surface area contributed by atoms with Crippen LogP contribution in [0.25, 0.3) is 0 Å². The van der Waals surface area contributed by atoms with Crippen LogP contribution in [0.3, 0.4) is 0 Å². The summed E-state index contributed by atoms with van der Waals surface area (Å²) in [6.07, 6.45) is -4.75. The normalized spacial score (nSPS) is 16.0. The van der Waals surface area contributed by atoms with Gasteiger partial charge in [-0.1, -0.05) is 49.7 Å². The second-order valence-corrected chi connectivity index (χ2v) is 9.18. The van der Waals surface area contributed by atoms with E-state index in [1.54, 1.807) is 25.2 Å². The highest BCUT2D eigenvalue weighted by molar-refractivity contribution is 6.30. The summed E-state index contributed by atoms with van der Waals surface area (Å²) in [5, 5.41) is 3.86. The van der Waals surface area contributed by atoms with E-state index in [0.717, 1.165) is 5.56 Å². The first-order valence-electron chi connectivity index (χ1n) is 11.5. The fourth-order valence-corrected chi connectivity index (χ4v) is 4.62. The van der Waals surface area contributed by atoms with Crippen molar-refractivity contribution in [3.05, 3.63) is 85.5 Å². The fraction of sp³-hybridized carbons (Fsp3) is 0.360. The van der Waals surface area contributed by atoms with Gasteiger partial charge in [0.25, 0.3) is 5.56 Å². The van der Waals surface area contributed by atoms with Gasteiger partial charge < -0.3 is 15.0 Å². The lowest BCUT2D eigenvalue weighted by Gasteiger charge is -2.31. The molecular weight excluding hydrogens is 497 g/mol. The van der Waals surface area contributed by atoms with Crippen LogP contribution in [0.4, 0.5) is 24.7 Å². The molecule has 0 spiro atoms. The Bertz CT molecular complexity index is 1370. The minimum absolute atomic E-state index is 0.268. The number of nitrogens with one attached hydrogen (secondary N) is 1. The van der Waals surface area contributed by atoms with E-state index in [-0.39, 0.29) is 12.3 Å². The van der Waals surface area contributed by atoms with Crippen molar-refractivity contribution in [2.45, 2.75) is 51.8 Å². The van der Waals surface area contributed by atoms with E-state index >= 15 is 0 Å². The molecule has 0 saturated carbocycles. The Morgan fingerprint density at radius 1 is 1.14 bits per heavy atom. The topological polar surface area (TPSA) is 68.5 Å². The van der Waals surface area contributed by atoms with Gasteiger partial charge in [0.1, 0.15) is 23.4 Å². The molecule has 2 aromatic carbocycles. The van der Waals surface area contributed by atoms with Crippen LogP contribution in [0.1, 0.15) is 37.3 Å². The minimum Gasteiger partial charge on any atom is -0.406 e. The summed E-state index contributed by atoms with van der Waals surface area (Å²) in [7, 11) is 1.59. The Hall–Kier alpha value is -3.40. The second kappa shape index (κ2) is 9.93. The summed E-state index contributed by atoms with van der Waals surface area (Å²) in [5.74, 6) is -0.356. The van der Waals surface area contributed by atoms with E-state index in [2.05, 4.69) is 10.1 Å². The quantitative estimate of drug-likeness (QED) is 0.469. The number of ether oxygens (including phenoxy) is 1. The number of anilines is 2. The van der Waals surface area contributed by atoms with Gasteiger partial charge in [-0.25, -0.2) is 4.79 Å². The zero-order valence-electron chi connectivity index (χ0n) is 20.0. The summed E-state index contributed by atoms with van der Waals surface area (Å²) >= 11 is 6.04. The van der Waals surface area contributed by atoms with Crippen LogP contribution < -0.4 is 26.2 Å². The molecule has 192 valence electrons. The Labute approximate surface area is 210 Å². The summed E-state index contributed by atoms with van der Waals surface area (Å²) in [6, 6.07) is 12.9. The smallest absolute Gasteiger partial charge is 0.406 e. The van der Waals surface area contributed by atoms with Crippen LogP contribution in [-0.4, -0.2) is 21.7 Å². The number of hydrogen-bond donors (Lipinski definition) is 1. The Morgan fingerprint density at radius 2 is 1.83 bits per heavy atom. The first kappa shape index (κ1) is 25.7. The molecule has 36 heavy (non-hydrogen) atoms. The van der Waals surface area contributed by atoms with Crippen LogP contribution in [0, 0.1) is 0 Å². The Morgan fingerprint density at radius 3 is 2.47 bits per heavy atom. The largest absolute Gasteiger partial charge is 0.573 e. The molecule has 0 radical (unpaired) electrons. The molecule has 1 N–H and O–H groups in total. The summed E-state index contributed by atoms with van der Waals surface area (Å²) in [4.78, 5) is 28.2. The van der Waals surface area contributed by atoms with E-state index in [1.807, 2.05) is 30.9 Å². The van der Waals surface area contributed by atoms with Crippen molar-refractivity contribution < 1.29 is 17.9 Å². The molecule has 1 aliphatic rings. The average molecular weight is 523 g/mol. The van der Waals surface area contributed by atoms with Crippen molar-refractivity contribution in [2.75, 3.05) is 10.2 Å². The molecule has 0 bridgehead atoms. The zero-order chi connectivity index (χ0) is 26.2. The molecule has 0 amide bonds. The summed E-state index contributed by atoms with van der Waals surface area (Å²) < 4.78 is 45.1. The van der Waals surface area contributed by atoms with Crippen LogP contribution in [0.5, 0.6) is 5.75 Å². The third kappa shape index (κ3) is 5.09. The fourth-order valence-electron chi connectivity index (χ4n) is 4.49. The minimum atomic E-state index is -4.81. The van der Waals surface area contributed by atoms with Crippen LogP contribution in [-0.2, 0) is 20.1 Å². The first-order valence-corrected chi connectivity index (χ1v) is 11.8. The number of benzene rings is 2. The van der Waals surface area contributed by atoms with Crippen molar-refractivity contribution in [1.82, 2.24) is 9.13 Å². The summed E-state index contributed by atoms with van der Waals surface area (Å²) in [6.45, 7) is 4.30. The second-order valence-electron chi connectivity index (χ2n) is 8.75. The molecule has 3 aromatic rings. The van der Waals surface area contributed by atoms with Crippen LogP contribution >= 0.6 is 11.6 Å². The third-order valence-electron chi connectivity index (χ3n) is 6.24. The maximum atomic E-state index is 13.5. The number of aromatic nitrogens is 2. The monoisotopic (exact) mass is 522 g/mol. The zero-order valence-corrected chi connectivity index (χ0v) is 20.7. The van der Waals surface area contributed by atoms with Gasteiger partial charge in [-0.05, 0) is 41.8 Å². The van der Waals surface area contributed by atoms with Crippen LogP contribution in [0.2, 0.25) is 5.02 Å². The number of rotatable bonds is 7. The molecule has 1 aromatic heterocycles.